The van der Waals surface area contributed by atoms with Crippen LogP contribution in [0, 0.1) is 0 Å². The highest BCUT2D eigenvalue weighted by atomic mass is 32.2. The minimum atomic E-state index is -1.57. The van der Waals surface area contributed by atoms with Crippen LogP contribution in [-0.2, 0) is 15.3 Å². The van der Waals surface area contributed by atoms with Gasteiger partial charge in [0.15, 0.2) is 16.0 Å². The third-order valence-electron chi connectivity index (χ3n) is 2.68. The van der Waals surface area contributed by atoms with Gasteiger partial charge in [0, 0.05) is 12.8 Å². The summed E-state index contributed by atoms with van der Waals surface area (Å²) in [5.74, 6) is 0. The number of likely N-dealkylation sites (tertiary alicyclic amines) is 1. The van der Waals surface area contributed by atoms with Crippen LogP contribution < -0.4 is 0 Å². The van der Waals surface area contributed by atoms with Gasteiger partial charge >= 0.3 is 0 Å². The summed E-state index contributed by atoms with van der Waals surface area (Å²) in [6, 6.07) is 0. The zero-order valence-corrected chi connectivity index (χ0v) is 9.26. The third kappa shape index (κ3) is 2.49. The van der Waals surface area contributed by atoms with Gasteiger partial charge in [0.2, 0.25) is 0 Å². The molecule has 1 N–H and O–H groups in total. The van der Waals surface area contributed by atoms with Gasteiger partial charge in [-0.3, -0.25) is 4.18 Å². The van der Waals surface area contributed by atoms with Gasteiger partial charge < -0.3 is 9.59 Å². The van der Waals surface area contributed by atoms with Gasteiger partial charge in [-0.2, -0.15) is 0 Å². The van der Waals surface area contributed by atoms with E-state index in [0.29, 0.717) is 12.8 Å². The number of nitrogens with zero attached hydrogens (tertiary/aromatic N) is 1. The van der Waals surface area contributed by atoms with Gasteiger partial charge in [-0.1, -0.05) is 0 Å². The van der Waals surface area contributed by atoms with E-state index in [9.17, 15) is 9.32 Å². The molecule has 0 aromatic heterocycles. The van der Waals surface area contributed by atoms with E-state index in [2.05, 4.69) is 18.3 Å². The Hall–Kier alpha value is 0.0300. The Balaban J connectivity index is 2.61. The van der Waals surface area contributed by atoms with Crippen molar-refractivity contribution in [2.24, 2.45) is 0 Å². The maximum absolute atomic E-state index is 11.3. The predicted molar refractivity (Wildman–Crippen MR) is 51.2 cm³/mol. The molecule has 0 spiro atoms. The zero-order valence-electron chi connectivity index (χ0n) is 8.45. The molecule has 0 radical (unpaired) electrons. The molecule has 1 unspecified atom stereocenters. The molecular formula is C8H18NO3S+. The highest BCUT2D eigenvalue weighted by Gasteiger charge is 2.42. The number of hydrogen-bond acceptors (Lipinski definition) is 3. The molecule has 0 bridgehead atoms. The van der Waals surface area contributed by atoms with Gasteiger partial charge in [0.25, 0.3) is 0 Å². The first-order valence-electron chi connectivity index (χ1n) is 4.40. The van der Waals surface area contributed by atoms with Crippen molar-refractivity contribution in [2.75, 3.05) is 34.3 Å². The summed E-state index contributed by atoms with van der Waals surface area (Å²) in [5.41, 5.74) is 0. The normalized spacial score (nSPS) is 28.3. The van der Waals surface area contributed by atoms with Crippen molar-refractivity contribution in [3.05, 3.63) is 0 Å². The van der Waals surface area contributed by atoms with Crippen LogP contribution in [0.3, 0.4) is 0 Å². The Morgan fingerprint density at radius 3 is 2.23 bits per heavy atom. The fourth-order valence-corrected chi connectivity index (χ4v) is 2.34. The quantitative estimate of drug-likeness (QED) is 0.642. The van der Waals surface area contributed by atoms with Crippen molar-refractivity contribution >= 4 is 11.1 Å². The first-order valence-corrected chi connectivity index (χ1v) is 5.48. The van der Waals surface area contributed by atoms with Crippen LogP contribution in [-0.4, -0.2) is 53.0 Å². The molecule has 5 heteroatoms. The minimum absolute atomic E-state index is 0.542. The molecule has 1 rings (SSSR count). The Labute approximate surface area is 81.7 Å². The Morgan fingerprint density at radius 2 is 1.85 bits per heavy atom. The lowest BCUT2D eigenvalue weighted by molar-refractivity contribution is -0.896. The number of hydrogen-bond donors (Lipinski definition) is 1. The lowest BCUT2D eigenvalue weighted by atomic mass is 10.1. The molecule has 1 atom stereocenters. The predicted octanol–water partition coefficient (Wildman–Crippen LogP) is -0.145. The minimum Gasteiger partial charge on any atom is -0.374 e. The molecule has 1 fully saturated rings. The van der Waals surface area contributed by atoms with Crippen molar-refractivity contribution in [1.29, 1.82) is 0 Å². The van der Waals surface area contributed by atoms with E-state index < -0.39 is 16.0 Å². The fraction of sp³-hybridized carbons (Fsp3) is 1.00. The first kappa shape index (κ1) is 11.1. The first-order chi connectivity index (χ1) is 5.90. The lowest BCUT2D eigenvalue weighted by Crippen LogP contribution is -2.54. The average molecular weight is 208 g/mol. The van der Waals surface area contributed by atoms with E-state index in [0.717, 1.165) is 17.6 Å². The standard InChI is InChI=1S/C8H18NO3S/c1-9(2)6-4-8(10,5-7-9)13(11)12-3/h10H,4-7H2,1-3H3/q+1. The average Bonchev–Trinajstić information content (AvgIpc) is 2.09. The maximum Gasteiger partial charge on any atom is 0.188 e. The van der Waals surface area contributed by atoms with Crippen LogP contribution in [0.4, 0.5) is 0 Å². The second-order valence-corrected chi connectivity index (χ2v) is 5.79. The molecule has 13 heavy (non-hydrogen) atoms. The number of rotatable bonds is 2. The van der Waals surface area contributed by atoms with Gasteiger partial charge in [0.1, 0.15) is 0 Å². The molecule has 0 amide bonds. The van der Waals surface area contributed by atoms with Crippen LogP contribution in [0.15, 0.2) is 0 Å². The van der Waals surface area contributed by atoms with E-state index in [1.807, 2.05) is 0 Å². The summed E-state index contributed by atoms with van der Waals surface area (Å²) in [5, 5.41) is 9.94. The molecule has 0 saturated carbocycles. The van der Waals surface area contributed by atoms with E-state index in [-0.39, 0.29) is 0 Å². The summed E-state index contributed by atoms with van der Waals surface area (Å²) in [7, 11) is 5.58. The molecule has 1 saturated heterocycles. The van der Waals surface area contributed by atoms with Gasteiger partial charge in [-0.05, 0) is 0 Å². The Kier molecular flexibility index (Phi) is 3.12. The smallest absolute Gasteiger partial charge is 0.188 e. The number of quaternary nitrogens is 1. The molecule has 1 heterocycles. The van der Waals surface area contributed by atoms with E-state index in [1.54, 1.807) is 0 Å². The molecule has 0 aliphatic carbocycles. The summed E-state index contributed by atoms with van der Waals surface area (Å²) in [4.78, 5) is -1.12. The summed E-state index contributed by atoms with van der Waals surface area (Å²) >= 11 is -1.57. The lowest BCUT2D eigenvalue weighted by Gasteiger charge is -2.40. The molecule has 78 valence electrons. The zero-order chi connectivity index (χ0) is 10.1. The SMILES string of the molecule is COS(=O)C1(O)CC[N+](C)(C)CC1. The summed E-state index contributed by atoms with van der Waals surface area (Å²) < 4.78 is 16.9. The monoisotopic (exact) mass is 208 g/mol. The molecule has 4 nitrogen and oxygen atoms in total. The molecule has 0 aromatic carbocycles. The van der Waals surface area contributed by atoms with Crippen molar-refractivity contribution in [1.82, 2.24) is 0 Å². The maximum atomic E-state index is 11.3. The molecule has 1 aliphatic heterocycles. The van der Waals surface area contributed by atoms with Crippen molar-refractivity contribution in [2.45, 2.75) is 17.8 Å². The molecule has 1 aliphatic rings. The van der Waals surface area contributed by atoms with E-state index in [4.69, 9.17) is 0 Å². The fourth-order valence-electron chi connectivity index (χ4n) is 1.51. The largest absolute Gasteiger partial charge is 0.374 e. The topological polar surface area (TPSA) is 46.5 Å². The van der Waals surface area contributed by atoms with Crippen LogP contribution in [0.5, 0.6) is 0 Å². The van der Waals surface area contributed by atoms with Crippen molar-refractivity contribution in [3.8, 4) is 0 Å². The number of aliphatic hydroxyl groups is 1. The van der Waals surface area contributed by atoms with E-state index in [1.165, 1.54) is 7.11 Å². The second kappa shape index (κ2) is 3.65. The summed E-state index contributed by atoms with van der Waals surface area (Å²) in [6.45, 7) is 1.68. The molecular weight excluding hydrogens is 190 g/mol. The highest BCUT2D eigenvalue weighted by Crippen LogP contribution is 2.27. The van der Waals surface area contributed by atoms with Crippen molar-refractivity contribution in [3.63, 3.8) is 0 Å². The molecule has 0 aromatic rings. The van der Waals surface area contributed by atoms with Gasteiger partial charge in [-0.25, -0.2) is 4.21 Å². The Morgan fingerprint density at radius 1 is 1.38 bits per heavy atom. The van der Waals surface area contributed by atoms with Crippen LogP contribution in [0.2, 0.25) is 0 Å². The van der Waals surface area contributed by atoms with Crippen LogP contribution in [0.1, 0.15) is 12.8 Å². The van der Waals surface area contributed by atoms with Crippen LogP contribution >= 0.6 is 0 Å². The third-order valence-corrected chi connectivity index (χ3v) is 4.01. The Bertz CT molecular complexity index is 207. The van der Waals surface area contributed by atoms with Crippen molar-refractivity contribution < 1.29 is 18.0 Å². The van der Waals surface area contributed by atoms with Crippen LogP contribution in [0.25, 0.3) is 0 Å². The van der Waals surface area contributed by atoms with E-state index >= 15 is 0 Å². The summed E-state index contributed by atoms with van der Waals surface area (Å²) in [6.07, 6.45) is 1.08. The number of piperidine rings is 1. The highest BCUT2D eigenvalue weighted by molar-refractivity contribution is 7.81. The van der Waals surface area contributed by atoms with Gasteiger partial charge in [-0.15, -0.1) is 0 Å². The van der Waals surface area contributed by atoms with Gasteiger partial charge in [0.05, 0.1) is 34.3 Å². The second-order valence-electron chi connectivity index (χ2n) is 4.23.